The summed E-state index contributed by atoms with van der Waals surface area (Å²) in [5.74, 6) is -0.486. The van der Waals surface area contributed by atoms with Crippen LogP contribution in [0, 0.1) is 0 Å². The lowest BCUT2D eigenvalue weighted by atomic mass is 9.98. The van der Waals surface area contributed by atoms with Gasteiger partial charge in [0.25, 0.3) is 0 Å². The normalized spacial score (nSPS) is 22.9. The summed E-state index contributed by atoms with van der Waals surface area (Å²) in [6.45, 7) is 0. The Labute approximate surface area is 99.2 Å². The molecule has 3 atom stereocenters. The highest BCUT2D eigenvalue weighted by molar-refractivity contribution is 5.82. The predicted molar refractivity (Wildman–Crippen MR) is 61.0 cm³/mol. The first-order valence-corrected chi connectivity index (χ1v) is 5.46. The van der Waals surface area contributed by atoms with E-state index in [0.29, 0.717) is 12.0 Å². The monoisotopic (exact) mass is 234 g/mol. The third kappa shape index (κ3) is 2.72. The topological polar surface area (TPSA) is 66.8 Å². The molecule has 1 aromatic rings. The van der Waals surface area contributed by atoms with Gasteiger partial charge in [-0.15, -0.1) is 0 Å². The molecule has 0 aromatic heterocycles. The minimum atomic E-state index is -1.12. The molecule has 0 fully saturated rings. The summed E-state index contributed by atoms with van der Waals surface area (Å²) in [7, 11) is 0. The Balaban J connectivity index is 2.07. The Bertz CT molecular complexity index is 413. The molecule has 0 spiro atoms. The van der Waals surface area contributed by atoms with Gasteiger partial charge in [-0.05, 0) is 5.56 Å². The molecule has 1 aliphatic heterocycles. The molecule has 0 bridgehead atoms. The maximum Gasteiger partial charge on any atom is 0.330 e. The van der Waals surface area contributed by atoms with Crippen molar-refractivity contribution in [3.8, 4) is 0 Å². The number of rotatable bonds is 3. The number of benzene rings is 1. The van der Waals surface area contributed by atoms with Crippen LogP contribution in [-0.4, -0.2) is 28.4 Å². The van der Waals surface area contributed by atoms with E-state index in [1.165, 1.54) is 6.08 Å². The number of carbonyl (C=O) groups excluding carboxylic acids is 1. The standard InChI is InChI=1S/C13H14O4/c14-11-8-4-7-10(17-11)13(16)12(15)9-5-2-1-3-6-9/h1-6,8,10,12-13,15-16H,7H2/t10-,12?,13?/m1/s1. The van der Waals surface area contributed by atoms with Crippen LogP contribution >= 0.6 is 0 Å². The summed E-state index contributed by atoms with van der Waals surface area (Å²) in [5.41, 5.74) is 0.602. The molecule has 1 aromatic carbocycles. The molecule has 2 N–H and O–H groups in total. The van der Waals surface area contributed by atoms with Crippen LogP contribution < -0.4 is 0 Å². The minimum Gasteiger partial charge on any atom is -0.456 e. The smallest absolute Gasteiger partial charge is 0.330 e. The number of esters is 1. The molecule has 1 aliphatic rings. The predicted octanol–water partition coefficient (Wildman–Crippen LogP) is 0.953. The van der Waals surface area contributed by atoms with Crippen molar-refractivity contribution in [2.45, 2.75) is 24.7 Å². The Hall–Kier alpha value is -1.65. The van der Waals surface area contributed by atoms with Crippen LogP contribution in [0.25, 0.3) is 0 Å². The van der Waals surface area contributed by atoms with Gasteiger partial charge in [0.15, 0.2) is 0 Å². The van der Waals surface area contributed by atoms with E-state index in [1.54, 1.807) is 30.3 Å². The molecule has 1 heterocycles. The molecule has 4 heteroatoms. The van der Waals surface area contributed by atoms with Crippen LogP contribution in [0.5, 0.6) is 0 Å². The van der Waals surface area contributed by atoms with E-state index in [2.05, 4.69) is 0 Å². The largest absolute Gasteiger partial charge is 0.456 e. The van der Waals surface area contributed by atoms with Crippen molar-refractivity contribution < 1.29 is 19.7 Å². The van der Waals surface area contributed by atoms with Crippen LogP contribution in [-0.2, 0) is 9.53 Å². The Kier molecular flexibility index (Phi) is 3.56. The number of carbonyl (C=O) groups is 1. The molecular formula is C13H14O4. The van der Waals surface area contributed by atoms with Gasteiger partial charge < -0.3 is 14.9 Å². The highest BCUT2D eigenvalue weighted by Gasteiger charge is 2.30. The van der Waals surface area contributed by atoms with Crippen LogP contribution in [0.3, 0.4) is 0 Å². The number of aliphatic hydroxyl groups is 2. The van der Waals surface area contributed by atoms with Gasteiger partial charge in [0.1, 0.15) is 18.3 Å². The Morgan fingerprint density at radius 1 is 1.24 bits per heavy atom. The molecular weight excluding hydrogens is 220 g/mol. The number of hydrogen-bond acceptors (Lipinski definition) is 4. The first-order valence-electron chi connectivity index (χ1n) is 5.46. The van der Waals surface area contributed by atoms with Gasteiger partial charge in [-0.2, -0.15) is 0 Å². The van der Waals surface area contributed by atoms with Crippen molar-refractivity contribution in [1.82, 2.24) is 0 Å². The first kappa shape index (κ1) is 11.8. The van der Waals surface area contributed by atoms with E-state index < -0.39 is 24.3 Å². The molecule has 2 unspecified atom stereocenters. The number of hydrogen-bond donors (Lipinski definition) is 2. The van der Waals surface area contributed by atoms with Gasteiger partial charge in [-0.25, -0.2) is 4.79 Å². The van der Waals surface area contributed by atoms with Crippen molar-refractivity contribution in [2.24, 2.45) is 0 Å². The zero-order chi connectivity index (χ0) is 12.3. The fourth-order valence-electron chi connectivity index (χ4n) is 1.79. The van der Waals surface area contributed by atoms with E-state index in [-0.39, 0.29) is 0 Å². The van der Waals surface area contributed by atoms with Crippen molar-refractivity contribution in [3.63, 3.8) is 0 Å². The fourth-order valence-corrected chi connectivity index (χ4v) is 1.79. The van der Waals surface area contributed by atoms with E-state index in [0.717, 1.165) is 0 Å². The zero-order valence-electron chi connectivity index (χ0n) is 9.19. The Morgan fingerprint density at radius 2 is 1.94 bits per heavy atom. The lowest BCUT2D eigenvalue weighted by Gasteiger charge is -2.27. The van der Waals surface area contributed by atoms with Gasteiger partial charge in [0.05, 0.1) is 0 Å². The summed E-state index contributed by atoms with van der Waals surface area (Å²) in [6.07, 6.45) is 0.501. The van der Waals surface area contributed by atoms with Crippen molar-refractivity contribution in [3.05, 3.63) is 48.0 Å². The third-order valence-corrected chi connectivity index (χ3v) is 2.74. The summed E-state index contributed by atoms with van der Waals surface area (Å²) in [5, 5.41) is 19.9. The van der Waals surface area contributed by atoms with Gasteiger partial charge in [0.2, 0.25) is 0 Å². The lowest BCUT2D eigenvalue weighted by molar-refractivity contribution is -0.155. The van der Waals surface area contributed by atoms with Gasteiger partial charge in [0, 0.05) is 12.5 Å². The van der Waals surface area contributed by atoms with Crippen molar-refractivity contribution in [2.75, 3.05) is 0 Å². The molecule has 17 heavy (non-hydrogen) atoms. The Morgan fingerprint density at radius 3 is 2.59 bits per heavy atom. The summed E-state index contributed by atoms with van der Waals surface area (Å²) in [4.78, 5) is 11.0. The van der Waals surface area contributed by atoms with Crippen molar-refractivity contribution in [1.29, 1.82) is 0 Å². The molecule has 0 amide bonds. The average Bonchev–Trinajstić information content (AvgIpc) is 2.38. The molecule has 0 radical (unpaired) electrons. The van der Waals surface area contributed by atoms with E-state index in [1.807, 2.05) is 6.07 Å². The number of aliphatic hydroxyl groups excluding tert-OH is 2. The third-order valence-electron chi connectivity index (χ3n) is 2.74. The number of cyclic esters (lactones) is 1. The lowest BCUT2D eigenvalue weighted by Crippen LogP contribution is -2.36. The van der Waals surface area contributed by atoms with Gasteiger partial charge in [-0.1, -0.05) is 36.4 Å². The molecule has 2 rings (SSSR count). The second-order valence-corrected chi connectivity index (χ2v) is 3.96. The summed E-state index contributed by atoms with van der Waals surface area (Å²) >= 11 is 0. The van der Waals surface area contributed by atoms with E-state index >= 15 is 0 Å². The van der Waals surface area contributed by atoms with Gasteiger partial charge >= 0.3 is 5.97 Å². The zero-order valence-corrected chi connectivity index (χ0v) is 9.19. The highest BCUT2D eigenvalue weighted by atomic mass is 16.6. The van der Waals surface area contributed by atoms with Crippen LogP contribution in [0.4, 0.5) is 0 Å². The minimum absolute atomic E-state index is 0.413. The second-order valence-electron chi connectivity index (χ2n) is 3.96. The highest BCUT2D eigenvalue weighted by Crippen LogP contribution is 2.23. The van der Waals surface area contributed by atoms with E-state index in [9.17, 15) is 15.0 Å². The maximum atomic E-state index is 11.0. The summed E-state index contributed by atoms with van der Waals surface area (Å²) in [6, 6.07) is 8.81. The average molecular weight is 234 g/mol. The van der Waals surface area contributed by atoms with Crippen LogP contribution in [0.15, 0.2) is 42.5 Å². The molecule has 0 saturated heterocycles. The van der Waals surface area contributed by atoms with Crippen LogP contribution in [0.1, 0.15) is 18.1 Å². The fraction of sp³-hybridized carbons (Fsp3) is 0.308. The van der Waals surface area contributed by atoms with E-state index in [4.69, 9.17) is 4.74 Å². The summed E-state index contributed by atoms with van der Waals surface area (Å²) < 4.78 is 4.95. The molecule has 0 saturated carbocycles. The molecule has 4 nitrogen and oxygen atoms in total. The van der Waals surface area contributed by atoms with Crippen molar-refractivity contribution >= 4 is 5.97 Å². The quantitative estimate of drug-likeness (QED) is 0.764. The maximum absolute atomic E-state index is 11.0. The van der Waals surface area contributed by atoms with Gasteiger partial charge in [-0.3, -0.25) is 0 Å². The first-order chi connectivity index (χ1) is 8.18. The SMILES string of the molecule is O=C1C=CC[C@H](C(O)C(O)c2ccccc2)O1. The molecule has 0 aliphatic carbocycles. The number of ether oxygens (including phenoxy) is 1. The second kappa shape index (κ2) is 5.12. The van der Waals surface area contributed by atoms with Crippen LogP contribution in [0.2, 0.25) is 0 Å². The molecule has 90 valence electrons.